The molecular formula is C26H24N2O5. The molecule has 7 heteroatoms. The average molecular weight is 444 g/mol. The fraction of sp³-hybridized carbons (Fsp3) is 0.192. The maximum atomic E-state index is 12.5. The van der Waals surface area contributed by atoms with Crippen LogP contribution in [0.1, 0.15) is 17.0 Å². The van der Waals surface area contributed by atoms with Gasteiger partial charge < -0.3 is 14.6 Å². The summed E-state index contributed by atoms with van der Waals surface area (Å²) in [7, 11) is 1.67. The van der Waals surface area contributed by atoms with Crippen LogP contribution in [0.4, 0.5) is 0 Å². The minimum atomic E-state index is -1.01. The van der Waals surface area contributed by atoms with Crippen LogP contribution in [0.15, 0.2) is 83.7 Å². The zero-order valence-electron chi connectivity index (χ0n) is 18.2. The quantitative estimate of drug-likeness (QED) is 0.423. The van der Waals surface area contributed by atoms with E-state index in [2.05, 4.69) is 4.98 Å². The normalized spacial score (nSPS) is 11.9. The molecule has 0 amide bonds. The molecule has 1 aromatic heterocycles. The van der Waals surface area contributed by atoms with E-state index in [0.29, 0.717) is 22.5 Å². The number of benzene rings is 3. The lowest BCUT2D eigenvalue weighted by molar-refractivity contribution is -0.151. The molecule has 1 unspecified atom stereocenters. The SMILES string of the molecule is Cn1c(COc2ccc(CC(OCc3ccccc3)C(=O)O)cc2)nc2ccccc2c1=O. The van der Waals surface area contributed by atoms with E-state index in [9.17, 15) is 14.7 Å². The molecule has 4 aromatic rings. The van der Waals surface area contributed by atoms with E-state index >= 15 is 0 Å². The van der Waals surface area contributed by atoms with Crippen molar-refractivity contribution in [1.82, 2.24) is 9.55 Å². The molecule has 1 N–H and O–H groups in total. The van der Waals surface area contributed by atoms with Crippen LogP contribution in [0.5, 0.6) is 5.75 Å². The van der Waals surface area contributed by atoms with Crippen molar-refractivity contribution in [2.45, 2.75) is 25.7 Å². The Morgan fingerprint density at radius 2 is 1.64 bits per heavy atom. The van der Waals surface area contributed by atoms with Gasteiger partial charge in [-0.2, -0.15) is 0 Å². The molecule has 1 atom stereocenters. The number of nitrogens with zero attached hydrogens (tertiary/aromatic N) is 2. The zero-order valence-corrected chi connectivity index (χ0v) is 18.2. The number of hydrogen-bond acceptors (Lipinski definition) is 5. The van der Waals surface area contributed by atoms with Gasteiger partial charge in [-0.05, 0) is 35.4 Å². The molecule has 0 fully saturated rings. The van der Waals surface area contributed by atoms with E-state index in [0.717, 1.165) is 11.1 Å². The summed E-state index contributed by atoms with van der Waals surface area (Å²) in [6.07, 6.45) is -0.711. The van der Waals surface area contributed by atoms with Crippen molar-refractivity contribution >= 4 is 16.9 Å². The smallest absolute Gasteiger partial charge is 0.333 e. The molecule has 0 saturated heterocycles. The van der Waals surface area contributed by atoms with Gasteiger partial charge in [0.15, 0.2) is 6.10 Å². The Balaban J connectivity index is 1.39. The molecule has 0 aliphatic rings. The minimum absolute atomic E-state index is 0.121. The van der Waals surface area contributed by atoms with Gasteiger partial charge >= 0.3 is 5.97 Å². The van der Waals surface area contributed by atoms with Crippen molar-refractivity contribution in [1.29, 1.82) is 0 Å². The molecule has 0 aliphatic heterocycles. The van der Waals surface area contributed by atoms with Gasteiger partial charge in [0.25, 0.3) is 5.56 Å². The van der Waals surface area contributed by atoms with Crippen LogP contribution < -0.4 is 10.3 Å². The molecule has 0 aliphatic carbocycles. The minimum Gasteiger partial charge on any atom is -0.486 e. The molecule has 168 valence electrons. The Bertz CT molecular complexity index is 1300. The highest BCUT2D eigenvalue weighted by molar-refractivity contribution is 5.77. The first kappa shape index (κ1) is 22.2. The van der Waals surface area contributed by atoms with Gasteiger partial charge in [0.1, 0.15) is 18.2 Å². The van der Waals surface area contributed by atoms with Crippen molar-refractivity contribution in [3.63, 3.8) is 0 Å². The second kappa shape index (κ2) is 10.1. The fourth-order valence-corrected chi connectivity index (χ4v) is 3.47. The zero-order chi connectivity index (χ0) is 23.2. The van der Waals surface area contributed by atoms with Crippen molar-refractivity contribution < 1.29 is 19.4 Å². The van der Waals surface area contributed by atoms with Gasteiger partial charge in [0.05, 0.1) is 17.5 Å². The Morgan fingerprint density at radius 3 is 2.36 bits per heavy atom. The number of carbonyl (C=O) groups is 1. The molecule has 0 spiro atoms. The summed E-state index contributed by atoms with van der Waals surface area (Å²) < 4.78 is 12.9. The summed E-state index contributed by atoms with van der Waals surface area (Å²) in [6, 6.07) is 23.8. The standard InChI is InChI=1S/C26H24N2O5/c1-28-24(27-22-10-6-5-9-21(22)25(28)29)17-32-20-13-11-18(12-14-20)15-23(26(30)31)33-16-19-7-3-2-4-8-19/h2-14,23H,15-17H2,1H3,(H,30,31). The molecule has 0 bridgehead atoms. The molecular weight excluding hydrogens is 420 g/mol. The summed E-state index contributed by atoms with van der Waals surface area (Å²) in [6.45, 7) is 0.365. The van der Waals surface area contributed by atoms with Crippen molar-refractivity contribution in [3.05, 3.63) is 106 Å². The summed E-state index contributed by atoms with van der Waals surface area (Å²) >= 11 is 0. The van der Waals surface area contributed by atoms with Crippen LogP contribution in [0, 0.1) is 0 Å². The van der Waals surface area contributed by atoms with Crippen LogP contribution in [0.3, 0.4) is 0 Å². The van der Waals surface area contributed by atoms with Gasteiger partial charge in [0, 0.05) is 13.5 Å². The molecule has 7 nitrogen and oxygen atoms in total. The lowest BCUT2D eigenvalue weighted by Gasteiger charge is -2.14. The number of ether oxygens (including phenoxy) is 2. The highest BCUT2D eigenvalue weighted by atomic mass is 16.5. The van der Waals surface area contributed by atoms with Gasteiger partial charge in [-0.1, -0.05) is 54.6 Å². The Kier molecular flexibility index (Phi) is 6.80. The maximum absolute atomic E-state index is 12.5. The van der Waals surface area contributed by atoms with E-state index in [-0.39, 0.29) is 25.2 Å². The lowest BCUT2D eigenvalue weighted by Crippen LogP contribution is -2.26. The van der Waals surface area contributed by atoms with Crippen LogP contribution in [-0.4, -0.2) is 26.7 Å². The van der Waals surface area contributed by atoms with Gasteiger partial charge in [-0.25, -0.2) is 9.78 Å². The summed E-state index contributed by atoms with van der Waals surface area (Å²) in [5, 5.41) is 10.1. The largest absolute Gasteiger partial charge is 0.486 e. The molecule has 0 radical (unpaired) electrons. The molecule has 1 heterocycles. The van der Waals surface area contributed by atoms with Crippen molar-refractivity contribution in [2.75, 3.05) is 0 Å². The van der Waals surface area contributed by atoms with Crippen molar-refractivity contribution in [2.24, 2.45) is 7.05 Å². The summed E-state index contributed by atoms with van der Waals surface area (Å²) in [5.41, 5.74) is 2.25. The second-order valence-electron chi connectivity index (χ2n) is 7.67. The van der Waals surface area contributed by atoms with E-state index < -0.39 is 12.1 Å². The first-order valence-electron chi connectivity index (χ1n) is 10.6. The third-order valence-corrected chi connectivity index (χ3v) is 5.36. The Labute approximate surface area is 190 Å². The number of para-hydroxylation sites is 1. The average Bonchev–Trinajstić information content (AvgIpc) is 2.84. The third kappa shape index (κ3) is 5.45. The number of aromatic nitrogens is 2. The van der Waals surface area contributed by atoms with E-state index in [1.54, 1.807) is 31.3 Å². The Morgan fingerprint density at radius 1 is 0.939 bits per heavy atom. The van der Waals surface area contributed by atoms with Crippen LogP contribution in [-0.2, 0) is 36.2 Å². The van der Waals surface area contributed by atoms with E-state index in [4.69, 9.17) is 9.47 Å². The number of fused-ring (bicyclic) bond motifs is 1. The van der Waals surface area contributed by atoms with Gasteiger partial charge in [-0.3, -0.25) is 9.36 Å². The number of hydrogen-bond donors (Lipinski definition) is 1. The van der Waals surface area contributed by atoms with E-state index in [1.807, 2.05) is 54.6 Å². The van der Waals surface area contributed by atoms with Crippen LogP contribution in [0.2, 0.25) is 0 Å². The number of aliphatic carboxylic acids is 1. The predicted octanol–water partition coefficient (Wildman–Crippen LogP) is 3.73. The topological polar surface area (TPSA) is 90.7 Å². The summed E-state index contributed by atoms with van der Waals surface area (Å²) in [4.78, 5) is 28.7. The monoisotopic (exact) mass is 444 g/mol. The van der Waals surface area contributed by atoms with Gasteiger partial charge in [0.2, 0.25) is 0 Å². The highest BCUT2D eigenvalue weighted by Crippen LogP contribution is 2.17. The van der Waals surface area contributed by atoms with E-state index in [1.165, 1.54) is 4.57 Å². The maximum Gasteiger partial charge on any atom is 0.333 e. The van der Waals surface area contributed by atoms with Crippen LogP contribution in [0.25, 0.3) is 10.9 Å². The molecule has 33 heavy (non-hydrogen) atoms. The fourth-order valence-electron chi connectivity index (χ4n) is 3.47. The van der Waals surface area contributed by atoms with Crippen LogP contribution >= 0.6 is 0 Å². The lowest BCUT2D eigenvalue weighted by atomic mass is 10.1. The highest BCUT2D eigenvalue weighted by Gasteiger charge is 2.19. The van der Waals surface area contributed by atoms with Gasteiger partial charge in [-0.15, -0.1) is 0 Å². The predicted molar refractivity (Wildman–Crippen MR) is 124 cm³/mol. The third-order valence-electron chi connectivity index (χ3n) is 5.36. The number of carboxylic acids is 1. The summed E-state index contributed by atoms with van der Waals surface area (Å²) in [5.74, 6) is 0.107. The molecule has 4 rings (SSSR count). The van der Waals surface area contributed by atoms with Crippen molar-refractivity contribution in [3.8, 4) is 5.75 Å². The molecule has 3 aromatic carbocycles. The second-order valence-corrected chi connectivity index (χ2v) is 7.67. The first-order valence-corrected chi connectivity index (χ1v) is 10.6. The number of rotatable bonds is 9. The first-order chi connectivity index (χ1) is 16.0. The Hall–Kier alpha value is -3.97. The number of carboxylic acid groups (broad SMARTS) is 1. The molecule has 0 saturated carbocycles.